The molecule has 0 saturated carbocycles. The predicted octanol–water partition coefficient (Wildman–Crippen LogP) is 3.30. The van der Waals surface area contributed by atoms with Crippen LogP contribution in [-0.2, 0) is 11.2 Å². The number of amides is 1. The van der Waals surface area contributed by atoms with Gasteiger partial charge in [-0.15, -0.1) is 0 Å². The highest BCUT2D eigenvalue weighted by Gasteiger charge is 2.17. The maximum Gasteiger partial charge on any atom is 0.224 e. The van der Waals surface area contributed by atoms with Gasteiger partial charge in [0.1, 0.15) is 0 Å². The van der Waals surface area contributed by atoms with E-state index in [1.54, 1.807) is 12.4 Å². The second-order valence-corrected chi connectivity index (χ2v) is 6.21. The third-order valence-electron chi connectivity index (χ3n) is 4.32. The Morgan fingerprint density at radius 3 is 2.68 bits per heavy atom. The first-order valence-electron chi connectivity index (χ1n) is 8.35. The topological polar surface area (TPSA) is 59.8 Å². The molecule has 0 aliphatic rings. The Bertz CT molecular complexity index is 870. The Morgan fingerprint density at radius 2 is 1.96 bits per heavy atom. The van der Waals surface area contributed by atoms with E-state index >= 15 is 0 Å². The molecule has 1 aromatic carbocycles. The molecule has 1 atom stereocenters. The van der Waals surface area contributed by atoms with E-state index in [1.165, 1.54) is 0 Å². The fraction of sp³-hybridized carbons (Fsp3) is 0.250. The zero-order valence-electron chi connectivity index (χ0n) is 14.7. The number of hydrogen-bond donors (Lipinski definition) is 1. The van der Waals surface area contributed by atoms with Crippen molar-refractivity contribution in [2.45, 2.75) is 33.2 Å². The minimum absolute atomic E-state index is 0.0245. The van der Waals surface area contributed by atoms with Crippen LogP contribution in [0, 0.1) is 13.8 Å². The monoisotopic (exact) mass is 334 g/mol. The Balaban J connectivity index is 1.74. The van der Waals surface area contributed by atoms with Crippen molar-refractivity contribution < 1.29 is 4.79 Å². The van der Waals surface area contributed by atoms with Crippen LogP contribution in [0.5, 0.6) is 0 Å². The average Bonchev–Trinajstić information content (AvgIpc) is 2.97. The third-order valence-corrected chi connectivity index (χ3v) is 4.32. The van der Waals surface area contributed by atoms with Gasteiger partial charge in [-0.2, -0.15) is 5.10 Å². The van der Waals surface area contributed by atoms with Crippen molar-refractivity contribution in [2.24, 2.45) is 0 Å². The summed E-state index contributed by atoms with van der Waals surface area (Å²) in [5.74, 6) is -0.0245. The van der Waals surface area contributed by atoms with Gasteiger partial charge in [0, 0.05) is 23.7 Å². The van der Waals surface area contributed by atoms with Crippen molar-refractivity contribution in [3.63, 3.8) is 0 Å². The summed E-state index contributed by atoms with van der Waals surface area (Å²) in [7, 11) is 0. The molecule has 2 aromatic heterocycles. The summed E-state index contributed by atoms with van der Waals surface area (Å²) in [6.45, 7) is 6.07. The van der Waals surface area contributed by atoms with Gasteiger partial charge in [0.2, 0.25) is 5.91 Å². The fourth-order valence-corrected chi connectivity index (χ4v) is 2.95. The number of carbonyl (C=O) groups is 1. The summed E-state index contributed by atoms with van der Waals surface area (Å²) < 4.78 is 1.93. The first kappa shape index (κ1) is 16.9. The van der Waals surface area contributed by atoms with E-state index in [1.807, 2.05) is 55.1 Å². The number of nitrogens with one attached hydrogen (secondary N) is 1. The lowest BCUT2D eigenvalue weighted by atomic mass is 10.1. The van der Waals surface area contributed by atoms with Crippen molar-refractivity contribution in [2.75, 3.05) is 0 Å². The van der Waals surface area contributed by atoms with Crippen LogP contribution >= 0.6 is 0 Å². The highest BCUT2D eigenvalue weighted by atomic mass is 16.1. The standard InChI is InChI=1S/C20H22N4O/c1-14-7-4-5-9-19(14)24-16(3)18(13-22-24)15(2)23-20(25)11-17-8-6-10-21-12-17/h4-10,12-13,15H,11H2,1-3H3,(H,23,25)/t15-/m1/s1. The van der Waals surface area contributed by atoms with E-state index < -0.39 is 0 Å². The molecular formula is C20H22N4O. The van der Waals surface area contributed by atoms with Gasteiger partial charge in [0.25, 0.3) is 0 Å². The summed E-state index contributed by atoms with van der Waals surface area (Å²) in [5, 5.41) is 7.56. The molecule has 25 heavy (non-hydrogen) atoms. The smallest absolute Gasteiger partial charge is 0.224 e. The number of aromatic nitrogens is 3. The Labute approximate surface area is 147 Å². The van der Waals surface area contributed by atoms with Crippen molar-refractivity contribution in [3.05, 3.63) is 77.4 Å². The number of aryl methyl sites for hydroxylation is 1. The number of para-hydroxylation sites is 1. The van der Waals surface area contributed by atoms with Crippen molar-refractivity contribution in [3.8, 4) is 5.69 Å². The molecule has 3 aromatic rings. The first-order valence-corrected chi connectivity index (χ1v) is 8.35. The summed E-state index contributed by atoms with van der Waals surface area (Å²) in [4.78, 5) is 16.3. The van der Waals surface area contributed by atoms with Crippen molar-refractivity contribution in [1.29, 1.82) is 0 Å². The summed E-state index contributed by atoms with van der Waals surface area (Å²) in [6.07, 6.45) is 5.57. The molecule has 1 amide bonds. The van der Waals surface area contributed by atoms with E-state index in [0.717, 1.165) is 28.1 Å². The average molecular weight is 334 g/mol. The van der Waals surface area contributed by atoms with Gasteiger partial charge in [-0.05, 0) is 44.0 Å². The van der Waals surface area contributed by atoms with E-state index in [2.05, 4.69) is 28.4 Å². The largest absolute Gasteiger partial charge is 0.349 e. The molecule has 1 N–H and O–H groups in total. The second kappa shape index (κ2) is 7.30. The predicted molar refractivity (Wildman–Crippen MR) is 97.5 cm³/mol. The molecule has 0 aliphatic heterocycles. The molecule has 3 rings (SSSR count). The van der Waals surface area contributed by atoms with E-state index in [-0.39, 0.29) is 11.9 Å². The number of carbonyl (C=O) groups excluding carboxylic acids is 1. The van der Waals surface area contributed by atoms with Crippen LogP contribution < -0.4 is 5.32 Å². The third kappa shape index (κ3) is 3.76. The second-order valence-electron chi connectivity index (χ2n) is 6.21. The quantitative estimate of drug-likeness (QED) is 0.779. The molecule has 0 bridgehead atoms. The van der Waals surface area contributed by atoms with Crippen LogP contribution in [0.15, 0.2) is 55.0 Å². The number of nitrogens with zero attached hydrogens (tertiary/aromatic N) is 3. The lowest BCUT2D eigenvalue weighted by molar-refractivity contribution is -0.121. The van der Waals surface area contributed by atoms with Crippen LogP contribution in [0.25, 0.3) is 5.69 Å². The molecule has 0 spiro atoms. The normalized spacial score (nSPS) is 12.0. The number of benzene rings is 1. The molecule has 0 saturated heterocycles. The minimum atomic E-state index is -0.109. The van der Waals surface area contributed by atoms with Crippen LogP contribution in [-0.4, -0.2) is 20.7 Å². The van der Waals surface area contributed by atoms with Gasteiger partial charge in [-0.25, -0.2) is 4.68 Å². The van der Waals surface area contributed by atoms with Crippen molar-refractivity contribution >= 4 is 5.91 Å². The summed E-state index contributed by atoms with van der Waals surface area (Å²) >= 11 is 0. The van der Waals surface area contributed by atoms with E-state index in [9.17, 15) is 4.79 Å². The fourth-order valence-electron chi connectivity index (χ4n) is 2.95. The van der Waals surface area contributed by atoms with Gasteiger partial charge < -0.3 is 5.32 Å². The Kier molecular flexibility index (Phi) is 4.93. The van der Waals surface area contributed by atoms with Gasteiger partial charge in [-0.3, -0.25) is 9.78 Å². The van der Waals surface area contributed by atoms with Crippen molar-refractivity contribution in [1.82, 2.24) is 20.1 Å². The van der Waals surface area contributed by atoms with Gasteiger partial charge in [0.05, 0.1) is 24.3 Å². The van der Waals surface area contributed by atoms with Crippen LogP contribution in [0.1, 0.15) is 35.3 Å². The van der Waals surface area contributed by atoms with Gasteiger partial charge in [-0.1, -0.05) is 24.3 Å². The molecule has 5 heteroatoms. The van der Waals surface area contributed by atoms with E-state index in [0.29, 0.717) is 6.42 Å². The summed E-state index contributed by atoms with van der Waals surface area (Å²) in [6, 6.07) is 11.8. The summed E-state index contributed by atoms with van der Waals surface area (Å²) in [5.41, 5.74) is 5.17. The van der Waals surface area contributed by atoms with Crippen LogP contribution in [0.4, 0.5) is 0 Å². The number of rotatable bonds is 5. The van der Waals surface area contributed by atoms with Gasteiger partial charge >= 0.3 is 0 Å². The lowest BCUT2D eigenvalue weighted by Crippen LogP contribution is -2.28. The zero-order chi connectivity index (χ0) is 17.8. The molecule has 2 heterocycles. The molecule has 0 aliphatic carbocycles. The maximum atomic E-state index is 12.3. The minimum Gasteiger partial charge on any atom is -0.349 e. The highest BCUT2D eigenvalue weighted by Crippen LogP contribution is 2.22. The zero-order valence-corrected chi connectivity index (χ0v) is 14.7. The number of hydrogen-bond acceptors (Lipinski definition) is 3. The lowest BCUT2D eigenvalue weighted by Gasteiger charge is -2.14. The molecule has 128 valence electrons. The molecule has 0 unspecified atom stereocenters. The SMILES string of the molecule is Cc1ccccc1-n1ncc([C@@H](C)NC(=O)Cc2cccnc2)c1C. The molecule has 5 nitrogen and oxygen atoms in total. The van der Waals surface area contributed by atoms with Crippen LogP contribution in [0.2, 0.25) is 0 Å². The highest BCUT2D eigenvalue weighted by molar-refractivity contribution is 5.78. The molecule has 0 radical (unpaired) electrons. The molecule has 0 fully saturated rings. The van der Waals surface area contributed by atoms with E-state index in [4.69, 9.17) is 0 Å². The Morgan fingerprint density at radius 1 is 1.16 bits per heavy atom. The van der Waals surface area contributed by atoms with Gasteiger partial charge in [0.15, 0.2) is 0 Å². The Hall–Kier alpha value is -2.95. The molecular weight excluding hydrogens is 312 g/mol. The first-order chi connectivity index (χ1) is 12.1. The van der Waals surface area contributed by atoms with Crippen LogP contribution in [0.3, 0.4) is 0 Å². The maximum absolute atomic E-state index is 12.3. The number of pyridine rings is 1.